The van der Waals surface area contributed by atoms with Gasteiger partial charge in [-0.25, -0.2) is 0 Å². The van der Waals surface area contributed by atoms with Gasteiger partial charge in [0.25, 0.3) is 5.91 Å². The number of likely N-dealkylation sites (tertiary alicyclic amines) is 2. The quantitative estimate of drug-likeness (QED) is 0.741. The van der Waals surface area contributed by atoms with Crippen molar-refractivity contribution in [1.29, 1.82) is 0 Å². The number of hydrogen-bond donors (Lipinski definition) is 1. The molecule has 2 aliphatic rings. The highest BCUT2D eigenvalue weighted by atomic mass is 16.2. The number of nitrogens with one attached hydrogen (secondary N) is 1. The van der Waals surface area contributed by atoms with Crippen LogP contribution >= 0.6 is 0 Å². The molecule has 2 aromatic carbocycles. The molecule has 0 spiro atoms. The van der Waals surface area contributed by atoms with Gasteiger partial charge in [-0.15, -0.1) is 0 Å². The van der Waals surface area contributed by atoms with Crippen molar-refractivity contribution in [3.05, 3.63) is 64.7 Å². The summed E-state index contributed by atoms with van der Waals surface area (Å²) < 4.78 is 0. The molecular formula is C27H35N3O2. The topological polar surface area (TPSA) is 52.7 Å². The molecule has 2 saturated heterocycles. The second-order valence-electron chi connectivity index (χ2n) is 9.30. The lowest BCUT2D eigenvalue weighted by molar-refractivity contribution is -0.115. The van der Waals surface area contributed by atoms with E-state index in [2.05, 4.69) is 40.5 Å². The lowest BCUT2D eigenvalue weighted by Gasteiger charge is -2.37. The Morgan fingerprint density at radius 3 is 2.25 bits per heavy atom. The fourth-order valence-corrected chi connectivity index (χ4v) is 5.24. The maximum absolute atomic E-state index is 13.2. The minimum atomic E-state index is -0.00577. The van der Waals surface area contributed by atoms with E-state index in [4.69, 9.17) is 0 Å². The summed E-state index contributed by atoms with van der Waals surface area (Å²) in [4.78, 5) is 29.6. The first kappa shape index (κ1) is 22.5. The van der Waals surface area contributed by atoms with Crippen LogP contribution in [-0.2, 0) is 4.79 Å². The third-order valence-electron chi connectivity index (χ3n) is 7.12. The van der Waals surface area contributed by atoms with Crippen LogP contribution in [0, 0.1) is 13.8 Å². The number of rotatable bonds is 5. The predicted molar refractivity (Wildman–Crippen MR) is 129 cm³/mol. The molecule has 2 heterocycles. The Kier molecular flexibility index (Phi) is 6.95. The first-order chi connectivity index (χ1) is 15.5. The van der Waals surface area contributed by atoms with E-state index in [9.17, 15) is 9.59 Å². The number of piperidine rings is 1. The van der Waals surface area contributed by atoms with E-state index in [0.717, 1.165) is 61.4 Å². The zero-order valence-electron chi connectivity index (χ0n) is 19.6. The van der Waals surface area contributed by atoms with Crippen LogP contribution in [0.4, 0.5) is 5.69 Å². The number of hydrogen-bond acceptors (Lipinski definition) is 3. The van der Waals surface area contributed by atoms with Crippen molar-refractivity contribution in [2.45, 2.75) is 58.4 Å². The standard InChI is InChI=1S/C27H35N3O2/c1-4-25(31)28-26-19(2)16-23(17-20(26)3)27(32)29-14-11-24(12-15-29)30-13-10-22(18-30)21-8-6-5-7-9-21/h5-9,16-17,22,24H,4,10-15,18H2,1-3H3,(H,28,31). The molecule has 1 atom stereocenters. The van der Waals surface area contributed by atoms with E-state index in [1.807, 2.05) is 37.8 Å². The SMILES string of the molecule is CCC(=O)Nc1c(C)cc(C(=O)N2CCC(N3CCC(c4ccccc4)C3)CC2)cc1C. The molecule has 4 rings (SSSR count). The van der Waals surface area contributed by atoms with Gasteiger partial charge in [0, 0.05) is 43.3 Å². The Balaban J connectivity index is 1.34. The second-order valence-corrected chi connectivity index (χ2v) is 9.30. The summed E-state index contributed by atoms with van der Waals surface area (Å²) in [6.07, 6.45) is 3.74. The Morgan fingerprint density at radius 2 is 1.62 bits per heavy atom. The van der Waals surface area contributed by atoms with Gasteiger partial charge in [-0.1, -0.05) is 37.3 Å². The second kappa shape index (κ2) is 9.86. The van der Waals surface area contributed by atoms with Crippen LogP contribution in [0.2, 0.25) is 0 Å². The van der Waals surface area contributed by atoms with Crippen LogP contribution in [0.3, 0.4) is 0 Å². The van der Waals surface area contributed by atoms with Gasteiger partial charge >= 0.3 is 0 Å². The fraction of sp³-hybridized carbons (Fsp3) is 0.481. The van der Waals surface area contributed by atoms with Gasteiger partial charge in [0.15, 0.2) is 0 Å². The normalized spacial score (nSPS) is 19.8. The number of aryl methyl sites for hydroxylation is 2. The highest BCUT2D eigenvalue weighted by molar-refractivity contribution is 5.97. The molecule has 0 saturated carbocycles. The summed E-state index contributed by atoms with van der Waals surface area (Å²) in [6, 6.07) is 15.3. The number of nitrogens with zero attached hydrogens (tertiary/aromatic N) is 2. The molecule has 1 unspecified atom stereocenters. The van der Waals surface area contributed by atoms with Crippen molar-refractivity contribution < 1.29 is 9.59 Å². The molecule has 1 N–H and O–H groups in total. The van der Waals surface area contributed by atoms with Crippen molar-refractivity contribution >= 4 is 17.5 Å². The zero-order valence-corrected chi connectivity index (χ0v) is 19.6. The predicted octanol–water partition coefficient (Wildman–Crippen LogP) is 4.75. The monoisotopic (exact) mass is 433 g/mol. The average molecular weight is 434 g/mol. The zero-order chi connectivity index (χ0) is 22.7. The largest absolute Gasteiger partial charge is 0.339 e. The van der Waals surface area contributed by atoms with Crippen LogP contribution in [0.25, 0.3) is 0 Å². The molecule has 0 bridgehead atoms. The molecule has 2 fully saturated rings. The van der Waals surface area contributed by atoms with Gasteiger partial charge in [0.1, 0.15) is 0 Å². The van der Waals surface area contributed by atoms with Gasteiger partial charge in [0.2, 0.25) is 5.91 Å². The summed E-state index contributed by atoms with van der Waals surface area (Å²) in [5.74, 6) is 0.730. The van der Waals surface area contributed by atoms with Gasteiger partial charge in [-0.2, -0.15) is 0 Å². The molecule has 0 radical (unpaired) electrons. The molecular weight excluding hydrogens is 398 g/mol. The molecule has 2 aliphatic heterocycles. The number of amides is 2. The number of benzene rings is 2. The van der Waals surface area contributed by atoms with Gasteiger partial charge in [-0.05, 0) is 74.4 Å². The summed E-state index contributed by atoms with van der Waals surface area (Å²) in [6.45, 7) is 9.65. The van der Waals surface area contributed by atoms with Crippen LogP contribution < -0.4 is 5.32 Å². The fourth-order valence-electron chi connectivity index (χ4n) is 5.24. The summed E-state index contributed by atoms with van der Waals surface area (Å²) >= 11 is 0. The maximum Gasteiger partial charge on any atom is 0.253 e. The Bertz CT molecular complexity index is 941. The van der Waals surface area contributed by atoms with Crippen molar-refractivity contribution in [2.75, 3.05) is 31.5 Å². The molecule has 2 aromatic rings. The van der Waals surface area contributed by atoms with Crippen LogP contribution in [-0.4, -0.2) is 53.8 Å². The highest BCUT2D eigenvalue weighted by Crippen LogP contribution is 2.31. The van der Waals surface area contributed by atoms with Gasteiger partial charge in [-0.3, -0.25) is 14.5 Å². The number of anilines is 1. The minimum absolute atomic E-state index is 0.00577. The number of carbonyl (C=O) groups excluding carboxylic acids is 2. The number of carbonyl (C=O) groups is 2. The Morgan fingerprint density at radius 1 is 0.969 bits per heavy atom. The van der Waals surface area contributed by atoms with Crippen LogP contribution in [0.1, 0.15) is 65.6 Å². The molecule has 5 heteroatoms. The molecule has 2 amide bonds. The molecule has 0 aliphatic carbocycles. The lowest BCUT2D eigenvalue weighted by atomic mass is 9.98. The van der Waals surface area contributed by atoms with Crippen molar-refractivity contribution in [2.24, 2.45) is 0 Å². The van der Waals surface area contributed by atoms with E-state index < -0.39 is 0 Å². The summed E-state index contributed by atoms with van der Waals surface area (Å²) in [5, 5.41) is 2.96. The first-order valence-corrected chi connectivity index (χ1v) is 12.0. The first-order valence-electron chi connectivity index (χ1n) is 12.0. The van der Waals surface area contributed by atoms with Gasteiger partial charge in [0.05, 0.1) is 0 Å². The summed E-state index contributed by atoms with van der Waals surface area (Å²) in [7, 11) is 0. The smallest absolute Gasteiger partial charge is 0.253 e. The van der Waals surface area contributed by atoms with Crippen molar-refractivity contribution in [1.82, 2.24) is 9.80 Å². The Hall–Kier alpha value is -2.66. The Labute approximate surface area is 191 Å². The van der Waals surface area contributed by atoms with Crippen molar-refractivity contribution in [3.63, 3.8) is 0 Å². The maximum atomic E-state index is 13.2. The van der Waals surface area contributed by atoms with Gasteiger partial charge < -0.3 is 10.2 Å². The molecule has 170 valence electrons. The third kappa shape index (κ3) is 4.88. The highest BCUT2D eigenvalue weighted by Gasteiger charge is 2.32. The molecule has 32 heavy (non-hydrogen) atoms. The third-order valence-corrected chi connectivity index (χ3v) is 7.12. The molecule has 5 nitrogen and oxygen atoms in total. The minimum Gasteiger partial charge on any atom is -0.339 e. The van der Waals surface area contributed by atoms with E-state index in [1.54, 1.807) is 0 Å². The van der Waals surface area contributed by atoms with E-state index in [0.29, 0.717) is 18.4 Å². The lowest BCUT2D eigenvalue weighted by Crippen LogP contribution is -2.46. The van der Waals surface area contributed by atoms with Crippen molar-refractivity contribution in [3.8, 4) is 0 Å². The van der Waals surface area contributed by atoms with Crippen LogP contribution in [0.15, 0.2) is 42.5 Å². The van der Waals surface area contributed by atoms with E-state index in [-0.39, 0.29) is 11.8 Å². The molecule has 0 aromatic heterocycles. The van der Waals surface area contributed by atoms with Crippen LogP contribution in [0.5, 0.6) is 0 Å². The van der Waals surface area contributed by atoms with E-state index in [1.165, 1.54) is 12.0 Å². The average Bonchev–Trinajstić information content (AvgIpc) is 3.31. The summed E-state index contributed by atoms with van der Waals surface area (Å²) in [5.41, 5.74) is 4.88. The van der Waals surface area contributed by atoms with E-state index >= 15 is 0 Å².